The molecule has 3 nitrogen and oxygen atoms in total. The van der Waals surface area contributed by atoms with Crippen LogP contribution in [0, 0.1) is 0 Å². The molecule has 1 aromatic heterocycles. The summed E-state index contributed by atoms with van der Waals surface area (Å²) in [5, 5.41) is 10.1. The monoisotopic (exact) mass is 288 g/mol. The SMILES string of the molecule is OCCCN(Cc1nc(Cl)ccc1Cl)C1CCC1. The fraction of sp³-hybridized carbons (Fsp3) is 0.615. The van der Waals surface area contributed by atoms with E-state index in [1.54, 1.807) is 12.1 Å². The molecule has 5 heteroatoms. The molecule has 1 fully saturated rings. The van der Waals surface area contributed by atoms with Gasteiger partial charge in [0.2, 0.25) is 0 Å². The summed E-state index contributed by atoms with van der Waals surface area (Å²) in [5.74, 6) is 0. The topological polar surface area (TPSA) is 36.4 Å². The van der Waals surface area contributed by atoms with E-state index in [-0.39, 0.29) is 6.61 Å². The quantitative estimate of drug-likeness (QED) is 0.817. The summed E-state index contributed by atoms with van der Waals surface area (Å²) in [6.45, 7) is 1.82. The summed E-state index contributed by atoms with van der Waals surface area (Å²) in [6, 6.07) is 4.10. The van der Waals surface area contributed by atoms with Gasteiger partial charge in [-0.05, 0) is 31.4 Å². The molecule has 0 spiro atoms. The van der Waals surface area contributed by atoms with Crippen LogP contribution in [0.15, 0.2) is 12.1 Å². The standard InChI is InChI=1S/C13H18Cl2N2O/c14-11-5-6-13(15)16-12(11)9-17(7-2-8-18)10-3-1-4-10/h5-6,10,18H,1-4,7-9H2. The van der Waals surface area contributed by atoms with Gasteiger partial charge in [-0.1, -0.05) is 29.6 Å². The van der Waals surface area contributed by atoms with Gasteiger partial charge in [0.25, 0.3) is 0 Å². The van der Waals surface area contributed by atoms with E-state index in [1.165, 1.54) is 19.3 Å². The lowest BCUT2D eigenvalue weighted by molar-refractivity contribution is 0.108. The smallest absolute Gasteiger partial charge is 0.129 e. The summed E-state index contributed by atoms with van der Waals surface area (Å²) >= 11 is 12.0. The third-order valence-electron chi connectivity index (χ3n) is 3.43. The number of aromatic nitrogens is 1. The van der Waals surface area contributed by atoms with Gasteiger partial charge in [0.15, 0.2) is 0 Å². The Morgan fingerprint density at radius 2 is 2.11 bits per heavy atom. The van der Waals surface area contributed by atoms with Crippen LogP contribution in [0.3, 0.4) is 0 Å². The van der Waals surface area contributed by atoms with E-state index in [0.717, 1.165) is 18.7 Å². The van der Waals surface area contributed by atoms with Crippen LogP contribution < -0.4 is 0 Å². The van der Waals surface area contributed by atoms with Crippen LogP contribution in [0.2, 0.25) is 10.2 Å². The molecule has 1 aliphatic rings. The molecule has 0 saturated heterocycles. The minimum Gasteiger partial charge on any atom is -0.396 e. The fourth-order valence-electron chi connectivity index (χ4n) is 2.18. The number of nitrogens with zero attached hydrogens (tertiary/aromatic N) is 2. The first-order valence-corrected chi connectivity index (χ1v) is 7.12. The molecule has 0 radical (unpaired) electrons. The van der Waals surface area contributed by atoms with Crippen molar-refractivity contribution < 1.29 is 5.11 Å². The summed E-state index contributed by atoms with van der Waals surface area (Å²) in [4.78, 5) is 6.64. The highest BCUT2D eigenvalue weighted by molar-refractivity contribution is 6.32. The number of hydrogen-bond donors (Lipinski definition) is 1. The fourth-order valence-corrected chi connectivity index (χ4v) is 2.51. The Hall–Kier alpha value is -0.350. The maximum Gasteiger partial charge on any atom is 0.129 e. The highest BCUT2D eigenvalue weighted by Gasteiger charge is 2.25. The van der Waals surface area contributed by atoms with E-state index in [0.29, 0.717) is 22.8 Å². The van der Waals surface area contributed by atoms with E-state index in [2.05, 4.69) is 9.88 Å². The highest BCUT2D eigenvalue weighted by atomic mass is 35.5. The van der Waals surface area contributed by atoms with Crippen molar-refractivity contribution in [3.63, 3.8) is 0 Å². The van der Waals surface area contributed by atoms with Gasteiger partial charge in [0.05, 0.1) is 10.7 Å². The van der Waals surface area contributed by atoms with Gasteiger partial charge in [-0.25, -0.2) is 4.98 Å². The number of pyridine rings is 1. The van der Waals surface area contributed by atoms with E-state index in [4.69, 9.17) is 28.3 Å². The van der Waals surface area contributed by atoms with Crippen LogP contribution in [0.4, 0.5) is 0 Å². The highest BCUT2D eigenvalue weighted by Crippen LogP contribution is 2.27. The molecular formula is C13H18Cl2N2O. The van der Waals surface area contributed by atoms with E-state index >= 15 is 0 Å². The zero-order valence-corrected chi connectivity index (χ0v) is 11.8. The normalized spacial score (nSPS) is 16.0. The van der Waals surface area contributed by atoms with Gasteiger partial charge in [-0.15, -0.1) is 0 Å². The first-order valence-electron chi connectivity index (χ1n) is 6.36. The van der Waals surface area contributed by atoms with E-state index < -0.39 is 0 Å². The van der Waals surface area contributed by atoms with Gasteiger partial charge in [0.1, 0.15) is 5.15 Å². The number of aliphatic hydroxyl groups excluding tert-OH is 1. The third kappa shape index (κ3) is 3.58. The van der Waals surface area contributed by atoms with Crippen molar-refractivity contribution in [2.75, 3.05) is 13.2 Å². The Bertz CT molecular complexity index is 397. The minimum atomic E-state index is 0.222. The molecule has 2 rings (SSSR count). The summed E-state index contributed by atoms with van der Waals surface area (Å²) in [7, 11) is 0. The van der Waals surface area contributed by atoms with Crippen LogP contribution >= 0.6 is 23.2 Å². The lowest BCUT2D eigenvalue weighted by Gasteiger charge is -2.37. The molecule has 18 heavy (non-hydrogen) atoms. The molecule has 100 valence electrons. The minimum absolute atomic E-state index is 0.222. The molecule has 1 heterocycles. The Kier molecular flexibility index (Phi) is 5.25. The molecular weight excluding hydrogens is 271 g/mol. The molecule has 1 aliphatic carbocycles. The molecule has 0 atom stereocenters. The van der Waals surface area contributed by atoms with Crippen molar-refractivity contribution in [1.82, 2.24) is 9.88 Å². The predicted octanol–water partition coefficient (Wildman–Crippen LogP) is 3.13. The maximum absolute atomic E-state index is 8.96. The largest absolute Gasteiger partial charge is 0.396 e. The van der Waals surface area contributed by atoms with Gasteiger partial charge >= 0.3 is 0 Å². The Balaban J connectivity index is 2.04. The van der Waals surface area contributed by atoms with Crippen molar-refractivity contribution in [1.29, 1.82) is 0 Å². The van der Waals surface area contributed by atoms with Crippen molar-refractivity contribution in [3.8, 4) is 0 Å². The van der Waals surface area contributed by atoms with Crippen molar-refractivity contribution in [3.05, 3.63) is 28.0 Å². The van der Waals surface area contributed by atoms with Crippen LogP contribution in [-0.2, 0) is 6.54 Å². The zero-order valence-electron chi connectivity index (χ0n) is 10.3. The zero-order chi connectivity index (χ0) is 13.0. The van der Waals surface area contributed by atoms with Crippen LogP contribution in [0.25, 0.3) is 0 Å². The maximum atomic E-state index is 8.96. The van der Waals surface area contributed by atoms with Gasteiger partial charge in [-0.2, -0.15) is 0 Å². The Labute approximate surface area is 118 Å². The van der Waals surface area contributed by atoms with Crippen molar-refractivity contribution in [2.24, 2.45) is 0 Å². The molecule has 0 aliphatic heterocycles. The second-order valence-electron chi connectivity index (χ2n) is 4.69. The molecule has 1 aromatic rings. The van der Waals surface area contributed by atoms with Crippen LogP contribution in [0.5, 0.6) is 0 Å². The second-order valence-corrected chi connectivity index (χ2v) is 5.49. The average Bonchev–Trinajstić information content (AvgIpc) is 2.28. The predicted molar refractivity (Wildman–Crippen MR) is 74.0 cm³/mol. The van der Waals surface area contributed by atoms with Gasteiger partial charge < -0.3 is 5.11 Å². The Morgan fingerprint density at radius 1 is 1.33 bits per heavy atom. The van der Waals surface area contributed by atoms with Gasteiger partial charge in [0, 0.05) is 25.7 Å². The van der Waals surface area contributed by atoms with Gasteiger partial charge in [-0.3, -0.25) is 4.90 Å². The van der Waals surface area contributed by atoms with Crippen molar-refractivity contribution >= 4 is 23.2 Å². The second kappa shape index (κ2) is 6.71. The molecule has 0 bridgehead atoms. The lowest BCUT2D eigenvalue weighted by Crippen LogP contribution is -2.40. The molecule has 1 N–H and O–H groups in total. The lowest BCUT2D eigenvalue weighted by atomic mass is 9.91. The Morgan fingerprint density at radius 3 is 2.72 bits per heavy atom. The average molecular weight is 289 g/mol. The number of halogens is 2. The van der Waals surface area contributed by atoms with Crippen LogP contribution in [0.1, 0.15) is 31.4 Å². The first kappa shape index (κ1) is 14.1. The number of hydrogen-bond acceptors (Lipinski definition) is 3. The van der Waals surface area contributed by atoms with E-state index in [1.807, 2.05) is 0 Å². The first-order chi connectivity index (χ1) is 8.70. The van der Waals surface area contributed by atoms with Crippen LogP contribution in [-0.4, -0.2) is 34.2 Å². The summed E-state index contributed by atoms with van der Waals surface area (Å²) < 4.78 is 0. The number of rotatable bonds is 6. The molecule has 0 amide bonds. The summed E-state index contributed by atoms with van der Waals surface area (Å²) in [5.41, 5.74) is 0.828. The van der Waals surface area contributed by atoms with E-state index in [9.17, 15) is 0 Å². The summed E-state index contributed by atoms with van der Waals surface area (Å²) in [6.07, 6.45) is 4.53. The molecule has 0 unspecified atom stereocenters. The molecule has 1 saturated carbocycles. The van der Waals surface area contributed by atoms with Crippen molar-refractivity contribution in [2.45, 2.75) is 38.3 Å². The number of aliphatic hydroxyl groups is 1. The third-order valence-corrected chi connectivity index (χ3v) is 3.99. The molecule has 0 aromatic carbocycles.